The number of aryl methyl sites for hydroxylation is 2. The van der Waals surface area contributed by atoms with E-state index in [-0.39, 0.29) is 13.9 Å². The first-order valence-electron chi connectivity index (χ1n) is 7.83. The number of para-hydroxylation sites is 1. The van der Waals surface area contributed by atoms with Gasteiger partial charge in [0.05, 0.1) is 0 Å². The minimum absolute atomic E-state index is 0.365. The Morgan fingerprint density at radius 2 is 1.73 bits per heavy atom. The fourth-order valence-corrected chi connectivity index (χ4v) is 4.79. The molecule has 1 aliphatic rings. The zero-order chi connectivity index (χ0) is 15.5. The zero-order valence-corrected chi connectivity index (χ0v) is 15.8. The standard InChI is InChI=1S/C19H23ClNSe/c1-22(2)13-5-12-21-18-7-4-3-6-15(18)8-9-16-10-11-17(20)14-19(16)21/h3-4,6-7,10-11,14H,5,8-9,12-13H2,1-2H3/q+1. The Morgan fingerprint density at radius 1 is 1.00 bits per heavy atom. The molecule has 0 aliphatic carbocycles. The van der Waals surface area contributed by atoms with Crippen LogP contribution in [0.3, 0.4) is 0 Å². The quantitative estimate of drug-likeness (QED) is 0.614. The molecule has 0 N–H and O–H groups in total. The molecule has 3 rings (SSSR count). The SMILES string of the molecule is C[Se+](C)CCCN1c2ccccc2CCc2ccc(Cl)cc21. The minimum atomic E-state index is -0.365. The van der Waals surface area contributed by atoms with Crippen molar-refractivity contribution in [2.75, 3.05) is 11.4 Å². The molecule has 0 aromatic heterocycles. The Balaban J connectivity index is 1.98. The van der Waals surface area contributed by atoms with E-state index in [9.17, 15) is 0 Å². The van der Waals surface area contributed by atoms with E-state index in [1.807, 2.05) is 6.07 Å². The number of nitrogens with zero attached hydrogens (tertiary/aromatic N) is 1. The van der Waals surface area contributed by atoms with Gasteiger partial charge in [-0.2, -0.15) is 0 Å². The monoisotopic (exact) mass is 380 g/mol. The van der Waals surface area contributed by atoms with Gasteiger partial charge in [-0.1, -0.05) is 0 Å². The fourth-order valence-electron chi connectivity index (χ4n) is 3.14. The van der Waals surface area contributed by atoms with E-state index < -0.39 is 0 Å². The molecule has 0 unspecified atom stereocenters. The first-order chi connectivity index (χ1) is 10.6. The van der Waals surface area contributed by atoms with Crippen LogP contribution in [0.1, 0.15) is 17.5 Å². The number of hydrogen-bond acceptors (Lipinski definition) is 1. The molecule has 1 aliphatic heterocycles. The first kappa shape index (κ1) is 15.9. The van der Waals surface area contributed by atoms with Crippen LogP contribution in [0.5, 0.6) is 0 Å². The van der Waals surface area contributed by atoms with Gasteiger partial charge >= 0.3 is 143 Å². The molecular weight excluding hydrogens is 357 g/mol. The van der Waals surface area contributed by atoms with Gasteiger partial charge in [-0.25, -0.2) is 0 Å². The normalized spacial score (nSPS) is 13.7. The Morgan fingerprint density at radius 3 is 2.50 bits per heavy atom. The predicted octanol–water partition coefficient (Wildman–Crippen LogP) is 5.72. The molecule has 0 bridgehead atoms. The van der Waals surface area contributed by atoms with Crippen LogP contribution in [-0.2, 0) is 12.8 Å². The summed E-state index contributed by atoms with van der Waals surface area (Å²) in [5.41, 5.74) is 5.55. The summed E-state index contributed by atoms with van der Waals surface area (Å²) >= 11 is 5.92. The third-order valence-corrected chi connectivity index (χ3v) is 6.77. The van der Waals surface area contributed by atoms with Crippen LogP contribution < -0.4 is 4.90 Å². The van der Waals surface area contributed by atoms with Crippen LogP contribution in [0.2, 0.25) is 22.0 Å². The molecule has 116 valence electrons. The summed E-state index contributed by atoms with van der Waals surface area (Å²) in [7, 11) is 0. The molecule has 1 heterocycles. The summed E-state index contributed by atoms with van der Waals surface area (Å²) in [5, 5.41) is 2.22. The summed E-state index contributed by atoms with van der Waals surface area (Å²) in [5.74, 6) is 4.84. The molecular formula is C19H23ClNSe+. The van der Waals surface area contributed by atoms with Crippen molar-refractivity contribution in [2.24, 2.45) is 0 Å². The molecule has 1 nitrogen and oxygen atoms in total. The van der Waals surface area contributed by atoms with Crippen molar-refractivity contribution >= 4 is 36.9 Å². The summed E-state index contributed by atoms with van der Waals surface area (Å²) in [6.07, 6.45) is 3.47. The molecule has 22 heavy (non-hydrogen) atoms. The average molecular weight is 380 g/mol. The molecule has 0 amide bonds. The van der Waals surface area contributed by atoms with Gasteiger partial charge in [0.25, 0.3) is 0 Å². The van der Waals surface area contributed by atoms with E-state index in [0.717, 1.165) is 24.4 Å². The van der Waals surface area contributed by atoms with Crippen molar-refractivity contribution in [1.82, 2.24) is 0 Å². The number of rotatable bonds is 4. The molecule has 0 fully saturated rings. The Kier molecular flexibility index (Phi) is 5.13. The van der Waals surface area contributed by atoms with E-state index in [0.29, 0.717) is 0 Å². The molecule has 0 atom stereocenters. The molecule has 0 saturated carbocycles. The predicted molar refractivity (Wildman–Crippen MR) is 99.2 cm³/mol. The number of halogens is 1. The van der Waals surface area contributed by atoms with Gasteiger partial charge in [0.2, 0.25) is 0 Å². The van der Waals surface area contributed by atoms with Crippen molar-refractivity contribution in [3.63, 3.8) is 0 Å². The number of fused-ring (bicyclic) bond motifs is 2. The van der Waals surface area contributed by atoms with Crippen LogP contribution in [-0.4, -0.2) is 20.4 Å². The second kappa shape index (κ2) is 7.08. The summed E-state index contributed by atoms with van der Waals surface area (Å²) < 4.78 is 0. The van der Waals surface area contributed by atoms with Gasteiger partial charge in [-0.3, -0.25) is 0 Å². The summed E-state index contributed by atoms with van der Waals surface area (Å²) in [4.78, 5) is 2.50. The topological polar surface area (TPSA) is 3.24 Å². The second-order valence-corrected chi connectivity index (χ2v) is 11.5. The maximum absolute atomic E-state index is 6.29. The van der Waals surface area contributed by atoms with Gasteiger partial charge in [0.1, 0.15) is 0 Å². The van der Waals surface area contributed by atoms with Crippen LogP contribution in [0.4, 0.5) is 11.4 Å². The Bertz CT molecular complexity index is 654. The van der Waals surface area contributed by atoms with Crippen LogP contribution in [0.25, 0.3) is 0 Å². The van der Waals surface area contributed by atoms with Crippen molar-refractivity contribution < 1.29 is 0 Å². The molecule has 2 aromatic rings. The summed E-state index contributed by atoms with van der Waals surface area (Å²) in [6.45, 7) is 1.09. The molecule has 0 spiro atoms. The van der Waals surface area contributed by atoms with E-state index >= 15 is 0 Å². The molecule has 0 saturated heterocycles. The molecule has 0 radical (unpaired) electrons. The number of anilines is 2. The number of benzene rings is 2. The molecule has 2 aromatic carbocycles. The van der Waals surface area contributed by atoms with Crippen LogP contribution in [0, 0.1) is 0 Å². The third kappa shape index (κ3) is 3.51. The van der Waals surface area contributed by atoms with Gasteiger partial charge in [0.15, 0.2) is 0 Å². The van der Waals surface area contributed by atoms with Crippen molar-refractivity contribution in [3.8, 4) is 0 Å². The Hall–Kier alpha value is -0.951. The molecule has 3 heteroatoms. The summed E-state index contributed by atoms with van der Waals surface area (Å²) in [6, 6.07) is 15.2. The van der Waals surface area contributed by atoms with E-state index in [4.69, 9.17) is 11.6 Å². The van der Waals surface area contributed by atoms with Crippen LogP contribution in [0.15, 0.2) is 42.5 Å². The Labute approximate surface area is 143 Å². The maximum atomic E-state index is 6.29. The van der Waals surface area contributed by atoms with E-state index in [2.05, 4.69) is 52.9 Å². The van der Waals surface area contributed by atoms with Gasteiger partial charge in [-0.15, -0.1) is 0 Å². The van der Waals surface area contributed by atoms with Gasteiger partial charge < -0.3 is 0 Å². The van der Waals surface area contributed by atoms with Crippen molar-refractivity contribution in [3.05, 3.63) is 58.6 Å². The average Bonchev–Trinajstić information content (AvgIpc) is 2.65. The second-order valence-electron chi connectivity index (χ2n) is 6.10. The van der Waals surface area contributed by atoms with Crippen LogP contribution >= 0.6 is 11.6 Å². The van der Waals surface area contributed by atoms with Crippen molar-refractivity contribution in [1.29, 1.82) is 0 Å². The zero-order valence-electron chi connectivity index (χ0n) is 13.3. The van der Waals surface area contributed by atoms with Gasteiger partial charge in [0, 0.05) is 0 Å². The van der Waals surface area contributed by atoms with Gasteiger partial charge in [-0.05, 0) is 0 Å². The van der Waals surface area contributed by atoms with Crippen molar-refractivity contribution in [2.45, 2.75) is 36.2 Å². The van der Waals surface area contributed by atoms with E-state index in [1.165, 1.54) is 34.2 Å². The number of hydrogen-bond donors (Lipinski definition) is 0. The first-order valence-corrected chi connectivity index (χ1v) is 12.8. The third-order valence-electron chi connectivity index (χ3n) is 4.22. The van der Waals surface area contributed by atoms with E-state index in [1.54, 1.807) is 0 Å². The fraction of sp³-hybridized carbons (Fsp3) is 0.368.